The van der Waals surface area contributed by atoms with Crippen molar-refractivity contribution in [3.63, 3.8) is 0 Å². The molecule has 0 spiro atoms. The maximum atomic E-state index is 13.2. The molecule has 0 N–H and O–H groups in total. The third kappa shape index (κ3) is 3.47. The first-order valence-electron chi connectivity index (χ1n) is 7.68. The van der Waals surface area contributed by atoms with E-state index in [1.807, 2.05) is 55.5 Å². The zero-order valence-corrected chi connectivity index (χ0v) is 14.1. The van der Waals surface area contributed by atoms with Gasteiger partial charge in [0.15, 0.2) is 0 Å². The summed E-state index contributed by atoms with van der Waals surface area (Å²) in [7, 11) is 0. The molecular weight excluding hydrogens is 320 g/mol. The van der Waals surface area contributed by atoms with Crippen LogP contribution >= 0.6 is 11.6 Å². The Morgan fingerprint density at radius 2 is 1.75 bits per heavy atom. The highest BCUT2D eigenvalue weighted by Crippen LogP contribution is 2.28. The lowest BCUT2D eigenvalue weighted by Gasteiger charge is -2.24. The number of benzene rings is 2. The summed E-state index contributed by atoms with van der Waals surface area (Å²) in [5, 5.41) is 0.550. The van der Waals surface area contributed by atoms with Gasteiger partial charge < -0.3 is 4.90 Å². The molecular formula is C20H17ClN2O. The number of halogens is 1. The van der Waals surface area contributed by atoms with Gasteiger partial charge in [-0.1, -0.05) is 54.1 Å². The summed E-state index contributed by atoms with van der Waals surface area (Å²) in [5.41, 5.74) is 3.20. The van der Waals surface area contributed by atoms with Crippen molar-refractivity contribution < 1.29 is 4.79 Å². The van der Waals surface area contributed by atoms with Gasteiger partial charge in [0.05, 0.1) is 17.3 Å². The van der Waals surface area contributed by atoms with E-state index in [9.17, 15) is 4.79 Å². The summed E-state index contributed by atoms with van der Waals surface area (Å²) in [6, 6.07) is 19.0. The molecule has 1 amide bonds. The van der Waals surface area contributed by atoms with Crippen LogP contribution in [0.15, 0.2) is 73.1 Å². The number of hydrogen-bond acceptors (Lipinski definition) is 2. The summed E-state index contributed by atoms with van der Waals surface area (Å²) in [4.78, 5) is 18.9. The highest BCUT2D eigenvalue weighted by molar-refractivity contribution is 6.34. The van der Waals surface area contributed by atoms with Gasteiger partial charge in [-0.15, -0.1) is 0 Å². The molecule has 0 aliphatic carbocycles. The highest BCUT2D eigenvalue weighted by atomic mass is 35.5. The first-order valence-corrected chi connectivity index (χ1v) is 8.05. The maximum Gasteiger partial charge on any atom is 0.259 e. The fourth-order valence-electron chi connectivity index (χ4n) is 2.56. The lowest BCUT2D eigenvalue weighted by molar-refractivity contribution is 0.0984. The quantitative estimate of drug-likeness (QED) is 0.679. The molecule has 0 unspecified atom stereocenters. The Kier molecular flexibility index (Phi) is 4.92. The first-order chi connectivity index (χ1) is 11.7. The van der Waals surface area contributed by atoms with Crippen LogP contribution in [0.3, 0.4) is 0 Å². The number of aryl methyl sites for hydroxylation is 1. The smallest absolute Gasteiger partial charge is 0.259 e. The number of nitrogens with zero attached hydrogens (tertiary/aromatic N) is 2. The molecule has 4 heteroatoms. The number of carbonyl (C=O) groups excluding carboxylic acids is 1. The standard InChI is InChI=1S/C20H17ClN2O/c1-15-13-22-12-11-17(15)20(24)23(14-16-7-3-2-4-8-16)19-10-6-5-9-18(19)21/h2-13H,14H2,1H3. The predicted molar refractivity (Wildman–Crippen MR) is 97.4 cm³/mol. The summed E-state index contributed by atoms with van der Waals surface area (Å²) < 4.78 is 0. The number of carbonyl (C=O) groups is 1. The molecule has 3 aromatic rings. The highest BCUT2D eigenvalue weighted by Gasteiger charge is 2.21. The second-order valence-corrected chi connectivity index (χ2v) is 5.93. The Labute approximate surface area is 146 Å². The van der Waals surface area contributed by atoms with E-state index in [0.717, 1.165) is 11.1 Å². The van der Waals surface area contributed by atoms with Crippen LogP contribution in [0, 0.1) is 6.92 Å². The van der Waals surface area contributed by atoms with Gasteiger partial charge in [-0.2, -0.15) is 0 Å². The molecule has 24 heavy (non-hydrogen) atoms. The van der Waals surface area contributed by atoms with Crippen LogP contribution < -0.4 is 4.90 Å². The number of amides is 1. The van der Waals surface area contributed by atoms with E-state index in [4.69, 9.17) is 11.6 Å². The second-order valence-electron chi connectivity index (χ2n) is 5.52. The molecule has 3 rings (SSSR count). The van der Waals surface area contributed by atoms with Crippen molar-refractivity contribution in [2.75, 3.05) is 4.90 Å². The summed E-state index contributed by atoms with van der Waals surface area (Å²) in [6.07, 6.45) is 3.33. The van der Waals surface area contributed by atoms with Crippen LogP contribution in [0.25, 0.3) is 0 Å². The third-order valence-corrected chi connectivity index (χ3v) is 4.14. The van der Waals surface area contributed by atoms with Crippen LogP contribution in [-0.4, -0.2) is 10.9 Å². The average molecular weight is 337 g/mol. The predicted octanol–water partition coefficient (Wildman–Crippen LogP) is 4.89. The Bertz CT molecular complexity index is 849. The molecule has 0 bridgehead atoms. The fraction of sp³-hybridized carbons (Fsp3) is 0.100. The lowest BCUT2D eigenvalue weighted by atomic mass is 10.1. The van der Waals surface area contributed by atoms with Crippen LogP contribution in [0.1, 0.15) is 21.5 Å². The molecule has 120 valence electrons. The monoisotopic (exact) mass is 336 g/mol. The molecule has 3 nitrogen and oxygen atoms in total. The largest absolute Gasteiger partial charge is 0.302 e. The van der Waals surface area contributed by atoms with Crippen LogP contribution in [0.5, 0.6) is 0 Å². The summed E-state index contributed by atoms with van der Waals surface area (Å²) >= 11 is 6.35. The molecule has 0 aliphatic rings. The zero-order valence-electron chi connectivity index (χ0n) is 13.3. The van der Waals surface area contributed by atoms with Gasteiger partial charge in [-0.25, -0.2) is 0 Å². The van der Waals surface area contributed by atoms with E-state index < -0.39 is 0 Å². The van der Waals surface area contributed by atoms with Gasteiger partial charge in [0.25, 0.3) is 5.91 Å². The van der Waals surface area contributed by atoms with Crippen molar-refractivity contribution in [3.8, 4) is 0 Å². The number of aromatic nitrogens is 1. The lowest BCUT2D eigenvalue weighted by Crippen LogP contribution is -2.31. The van der Waals surface area contributed by atoms with Crippen molar-refractivity contribution in [2.45, 2.75) is 13.5 Å². The van der Waals surface area contributed by atoms with Gasteiger partial charge >= 0.3 is 0 Å². The van der Waals surface area contributed by atoms with E-state index in [1.165, 1.54) is 0 Å². The van der Waals surface area contributed by atoms with Crippen molar-refractivity contribution in [1.29, 1.82) is 0 Å². The summed E-state index contributed by atoms with van der Waals surface area (Å²) in [6.45, 7) is 2.33. The van der Waals surface area contributed by atoms with Crippen LogP contribution in [0.2, 0.25) is 5.02 Å². The van der Waals surface area contributed by atoms with Gasteiger partial charge in [-0.3, -0.25) is 9.78 Å². The average Bonchev–Trinajstić information content (AvgIpc) is 2.61. The Morgan fingerprint density at radius 1 is 1.04 bits per heavy atom. The SMILES string of the molecule is Cc1cnccc1C(=O)N(Cc1ccccc1)c1ccccc1Cl. The summed E-state index contributed by atoms with van der Waals surface area (Å²) in [5.74, 6) is -0.0909. The topological polar surface area (TPSA) is 33.2 Å². The molecule has 0 radical (unpaired) electrons. The van der Waals surface area contributed by atoms with Crippen LogP contribution in [0.4, 0.5) is 5.69 Å². The van der Waals surface area contributed by atoms with Gasteiger partial charge in [-0.05, 0) is 36.2 Å². The zero-order chi connectivity index (χ0) is 16.9. The van der Waals surface area contributed by atoms with Crippen LogP contribution in [-0.2, 0) is 6.54 Å². The first kappa shape index (κ1) is 16.2. The van der Waals surface area contributed by atoms with Gasteiger partial charge in [0.2, 0.25) is 0 Å². The molecule has 0 fully saturated rings. The van der Waals surface area contributed by atoms with E-state index in [1.54, 1.807) is 29.4 Å². The fourth-order valence-corrected chi connectivity index (χ4v) is 2.80. The minimum atomic E-state index is -0.0909. The Balaban J connectivity index is 2.04. The van der Waals surface area contributed by atoms with Crippen molar-refractivity contribution in [1.82, 2.24) is 4.98 Å². The minimum absolute atomic E-state index is 0.0909. The van der Waals surface area contributed by atoms with E-state index >= 15 is 0 Å². The number of hydrogen-bond donors (Lipinski definition) is 0. The van der Waals surface area contributed by atoms with Crippen molar-refractivity contribution >= 4 is 23.2 Å². The molecule has 1 aromatic heterocycles. The molecule has 0 saturated carbocycles. The van der Waals surface area contributed by atoms with Gasteiger partial charge in [0, 0.05) is 18.0 Å². The number of pyridine rings is 1. The minimum Gasteiger partial charge on any atom is -0.302 e. The van der Waals surface area contributed by atoms with E-state index in [0.29, 0.717) is 22.8 Å². The molecule has 2 aromatic carbocycles. The van der Waals surface area contributed by atoms with E-state index in [-0.39, 0.29) is 5.91 Å². The normalized spacial score (nSPS) is 10.4. The Hall–Kier alpha value is -2.65. The second kappa shape index (κ2) is 7.28. The number of rotatable bonds is 4. The number of para-hydroxylation sites is 1. The Morgan fingerprint density at radius 3 is 2.46 bits per heavy atom. The number of anilines is 1. The molecule has 0 aliphatic heterocycles. The van der Waals surface area contributed by atoms with E-state index in [2.05, 4.69) is 4.98 Å². The van der Waals surface area contributed by atoms with Crippen molar-refractivity contribution in [2.24, 2.45) is 0 Å². The maximum absolute atomic E-state index is 13.2. The molecule has 1 heterocycles. The third-order valence-electron chi connectivity index (χ3n) is 3.82. The molecule has 0 atom stereocenters. The molecule has 0 saturated heterocycles. The van der Waals surface area contributed by atoms with Crippen molar-refractivity contribution in [3.05, 3.63) is 94.8 Å². The van der Waals surface area contributed by atoms with Gasteiger partial charge in [0.1, 0.15) is 0 Å².